The topological polar surface area (TPSA) is 32.8 Å². The van der Waals surface area contributed by atoms with Gasteiger partial charge < -0.3 is 14.5 Å². The molecule has 0 aliphatic carbocycles. The van der Waals surface area contributed by atoms with Crippen molar-refractivity contribution in [2.45, 2.75) is 71.3 Å². The second-order valence-electron chi connectivity index (χ2n) is 8.44. The van der Waals surface area contributed by atoms with E-state index in [1.54, 1.807) is 0 Å². The Bertz CT molecular complexity index is 633. The van der Waals surface area contributed by atoms with E-state index in [9.17, 15) is 4.79 Å². The molecule has 2 aliphatic rings. The van der Waals surface area contributed by atoms with E-state index in [4.69, 9.17) is 16.3 Å². The zero-order chi connectivity index (χ0) is 19.9. The molecule has 0 N–H and O–H groups in total. The number of amides is 1. The summed E-state index contributed by atoms with van der Waals surface area (Å²) in [6.45, 7) is 8.47. The van der Waals surface area contributed by atoms with Crippen LogP contribution < -0.4 is 4.74 Å². The minimum absolute atomic E-state index is 0.112. The van der Waals surface area contributed by atoms with E-state index in [2.05, 4.69) is 9.80 Å². The van der Waals surface area contributed by atoms with Gasteiger partial charge in [-0.25, -0.2) is 0 Å². The molecule has 1 aromatic carbocycles. The Labute approximate surface area is 175 Å². The molecule has 1 unspecified atom stereocenters. The number of benzene rings is 1. The number of carbonyl (C=O) groups is 1. The average Bonchev–Trinajstić information content (AvgIpc) is 2.97. The van der Waals surface area contributed by atoms with Crippen LogP contribution >= 0.6 is 11.6 Å². The summed E-state index contributed by atoms with van der Waals surface area (Å²) in [5.74, 6) is 0.844. The first-order valence-electron chi connectivity index (χ1n) is 11.0. The van der Waals surface area contributed by atoms with Gasteiger partial charge in [0.25, 0.3) is 5.91 Å². The summed E-state index contributed by atoms with van der Waals surface area (Å²) in [5, 5.41) is 0.767. The van der Waals surface area contributed by atoms with Crippen molar-refractivity contribution >= 4 is 17.5 Å². The van der Waals surface area contributed by atoms with Gasteiger partial charge in [-0.1, -0.05) is 24.4 Å². The molecule has 4 nitrogen and oxygen atoms in total. The molecular weight excluding hydrogens is 372 g/mol. The number of rotatable bonds is 6. The highest BCUT2D eigenvalue weighted by atomic mass is 35.5. The SMILES string of the molecule is Cc1cc(OCC(=O)N2CCCCC2CCN2CCCCCC2)cc(C)c1Cl. The van der Waals surface area contributed by atoms with Gasteiger partial charge in [0, 0.05) is 24.2 Å². The van der Waals surface area contributed by atoms with Gasteiger partial charge in [-0.3, -0.25) is 4.79 Å². The molecule has 1 amide bonds. The maximum Gasteiger partial charge on any atom is 0.260 e. The number of piperidine rings is 1. The molecule has 3 rings (SSSR count). The second-order valence-corrected chi connectivity index (χ2v) is 8.82. The number of ether oxygens (including phenoxy) is 1. The van der Waals surface area contributed by atoms with E-state index in [1.807, 2.05) is 26.0 Å². The third kappa shape index (κ3) is 5.87. The van der Waals surface area contributed by atoms with Gasteiger partial charge in [0.2, 0.25) is 0 Å². The molecule has 0 bridgehead atoms. The first-order valence-corrected chi connectivity index (χ1v) is 11.3. The Hall–Kier alpha value is -1.26. The lowest BCUT2D eigenvalue weighted by Gasteiger charge is -2.37. The molecule has 0 radical (unpaired) electrons. The standard InChI is InChI=1S/C23H35ClN2O2/c1-18-15-21(16-19(2)23(18)24)28-17-22(27)26-13-8-5-9-20(26)10-14-25-11-6-3-4-7-12-25/h15-16,20H,3-14,17H2,1-2H3. The molecular formula is C23H35ClN2O2. The van der Waals surface area contributed by atoms with Gasteiger partial charge in [-0.05, 0) is 88.7 Å². The number of carbonyl (C=O) groups excluding carboxylic acids is 1. The Kier molecular flexibility index (Phi) is 8.04. The largest absolute Gasteiger partial charge is 0.484 e. The molecule has 28 heavy (non-hydrogen) atoms. The minimum Gasteiger partial charge on any atom is -0.484 e. The normalized spacial score (nSPS) is 21.4. The van der Waals surface area contributed by atoms with Crippen LogP contribution in [0.4, 0.5) is 0 Å². The Morgan fingerprint density at radius 1 is 1.04 bits per heavy atom. The molecule has 1 atom stereocenters. The molecule has 2 aliphatic heterocycles. The van der Waals surface area contributed by atoms with Crippen LogP contribution in [0.5, 0.6) is 5.75 Å². The number of halogens is 1. The Balaban J connectivity index is 1.53. The van der Waals surface area contributed by atoms with Crippen molar-refractivity contribution < 1.29 is 9.53 Å². The van der Waals surface area contributed by atoms with Crippen molar-refractivity contribution in [3.05, 3.63) is 28.3 Å². The molecule has 2 fully saturated rings. The summed E-state index contributed by atoms with van der Waals surface area (Å²) < 4.78 is 5.84. The Morgan fingerprint density at radius 2 is 1.68 bits per heavy atom. The molecule has 2 heterocycles. The zero-order valence-corrected chi connectivity index (χ0v) is 18.3. The van der Waals surface area contributed by atoms with Gasteiger partial charge in [0.15, 0.2) is 6.61 Å². The second kappa shape index (κ2) is 10.5. The fourth-order valence-corrected chi connectivity index (χ4v) is 4.65. The number of hydrogen-bond acceptors (Lipinski definition) is 3. The highest BCUT2D eigenvalue weighted by Crippen LogP contribution is 2.26. The molecule has 0 aromatic heterocycles. The van der Waals surface area contributed by atoms with E-state index in [0.717, 1.165) is 54.3 Å². The van der Waals surface area contributed by atoms with E-state index in [0.29, 0.717) is 6.04 Å². The summed E-state index contributed by atoms with van der Waals surface area (Å²) >= 11 is 6.23. The van der Waals surface area contributed by atoms with Crippen molar-refractivity contribution in [1.82, 2.24) is 9.80 Å². The predicted octanol–water partition coefficient (Wildman–Crippen LogP) is 4.98. The molecule has 2 saturated heterocycles. The highest BCUT2D eigenvalue weighted by Gasteiger charge is 2.27. The average molecular weight is 407 g/mol. The summed E-state index contributed by atoms with van der Waals surface area (Å²) in [4.78, 5) is 17.6. The van der Waals surface area contributed by atoms with Gasteiger partial charge in [0.1, 0.15) is 5.75 Å². The van der Waals surface area contributed by atoms with Gasteiger partial charge >= 0.3 is 0 Å². The van der Waals surface area contributed by atoms with Crippen LogP contribution in [-0.4, -0.2) is 54.5 Å². The van der Waals surface area contributed by atoms with E-state index >= 15 is 0 Å². The maximum atomic E-state index is 12.9. The van der Waals surface area contributed by atoms with Crippen molar-refractivity contribution in [2.24, 2.45) is 0 Å². The quantitative estimate of drug-likeness (QED) is 0.667. The van der Waals surface area contributed by atoms with Crippen LogP contribution in [0.15, 0.2) is 12.1 Å². The van der Waals surface area contributed by atoms with Crippen LogP contribution in [0, 0.1) is 13.8 Å². The van der Waals surface area contributed by atoms with E-state index in [1.165, 1.54) is 45.2 Å². The molecule has 156 valence electrons. The van der Waals surface area contributed by atoms with Gasteiger partial charge in [-0.15, -0.1) is 0 Å². The summed E-state index contributed by atoms with van der Waals surface area (Å²) in [7, 11) is 0. The van der Waals surface area contributed by atoms with Crippen LogP contribution in [0.3, 0.4) is 0 Å². The molecule has 0 saturated carbocycles. The highest BCUT2D eigenvalue weighted by molar-refractivity contribution is 6.32. The van der Waals surface area contributed by atoms with Crippen LogP contribution in [-0.2, 0) is 4.79 Å². The van der Waals surface area contributed by atoms with Gasteiger partial charge in [-0.2, -0.15) is 0 Å². The predicted molar refractivity (Wildman–Crippen MR) is 115 cm³/mol. The first kappa shape index (κ1) is 21.4. The lowest BCUT2D eigenvalue weighted by atomic mass is 9.99. The van der Waals surface area contributed by atoms with E-state index < -0.39 is 0 Å². The fourth-order valence-electron chi connectivity index (χ4n) is 4.54. The summed E-state index contributed by atoms with van der Waals surface area (Å²) in [5.41, 5.74) is 1.97. The maximum absolute atomic E-state index is 12.9. The summed E-state index contributed by atoms with van der Waals surface area (Å²) in [6, 6.07) is 4.19. The molecule has 0 spiro atoms. The number of likely N-dealkylation sites (tertiary alicyclic amines) is 2. The lowest BCUT2D eigenvalue weighted by Crippen LogP contribution is -2.47. The number of hydrogen-bond donors (Lipinski definition) is 0. The van der Waals surface area contributed by atoms with Crippen molar-refractivity contribution in [2.75, 3.05) is 32.8 Å². The molecule has 1 aromatic rings. The smallest absolute Gasteiger partial charge is 0.260 e. The van der Waals surface area contributed by atoms with Crippen molar-refractivity contribution in [3.63, 3.8) is 0 Å². The van der Waals surface area contributed by atoms with Crippen LogP contribution in [0.2, 0.25) is 5.02 Å². The van der Waals surface area contributed by atoms with Gasteiger partial charge in [0.05, 0.1) is 0 Å². The van der Waals surface area contributed by atoms with Crippen LogP contribution in [0.25, 0.3) is 0 Å². The Morgan fingerprint density at radius 3 is 2.36 bits per heavy atom. The number of aryl methyl sites for hydroxylation is 2. The lowest BCUT2D eigenvalue weighted by molar-refractivity contribution is -0.137. The van der Waals surface area contributed by atoms with E-state index in [-0.39, 0.29) is 12.5 Å². The summed E-state index contributed by atoms with van der Waals surface area (Å²) in [6.07, 6.45) is 9.92. The third-order valence-electron chi connectivity index (χ3n) is 6.20. The minimum atomic E-state index is 0.112. The third-order valence-corrected chi connectivity index (χ3v) is 6.79. The zero-order valence-electron chi connectivity index (χ0n) is 17.5. The number of nitrogens with zero attached hydrogens (tertiary/aromatic N) is 2. The van der Waals surface area contributed by atoms with Crippen LogP contribution in [0.1, 0.15) is 62.5 Å². The van der Waals surface area contributed by atoms with Crippen molar-refractivity contribution in [3.8, 4) is 5.75 Å². The fraction of sp³-hybridized carbons (Fsp3) is 0.696. The van der Waals surface area contributed by atoms with Crippen molar-refractivity contribution in [1.29, 1.82) is 0 Å². The monoisotopic (exact) mass is 406 g/mol. The molecule has 5 heteroatoms. The first-order chi connectivity index (χ1) is 13.5.